The van der Waals surface area contributed by atoms with Crippen molar-refractivity contribution in [1.29, 1.82) is 0 Å². The minimum atomic E-state index is -0.657. The third-order valence-corrected chi connectivity index (χ3v) is 3.43. The largest absolute Gasteiger partial charge is 0.497 e. The van der Waals surface area contributed by atoms with E-state index in [1.807, 2.05) is 31.2 Å². The molecule has 2 atom stereocenters. The smallest absolute Gasteiger partial charge is 0.227 e. The fourth-order valence-corrected chi connectivity index (χ4v) is 2.22. The van der Waals surface area contributed by atoms with Crippen LogP contribution >= 0.6 is 0 Å². The number of aliphatic hydroxyl groups is 1. The molecule has 2 rings (SSSR count). The van der Waals surface area contributed by atoms with Gasteiger partial charge in [-0.15, -0.1) is 0 Å². The molecular weight excluding hydrogens is 230 g/mol. The fraction of sp³-hybridized carbons (Fsp3) is 0.500. The molecule has 0 aromatic heterocycles. The Bertz CT molecular complexity index is 416. The zero-order chi connectivity index (χ0) is 13.1. The molecule has 1 amide bonds. The van der Waals surface area contributed by atoms with E-state index in [2.05, 4.69) is 0 Å². The number of hydrogen-bond acceptors (Lipinski definition) is 3. The first-order chi connectivity index (χ1) is 8.61. The summed E-state index contributed by atoms with van der Waals surface area (Å²) in [5.74, 6) is 0.828. The Labute approximate surface area is 107 Å². The summed E-state index contributed by atoms with van der Waals surface area (Å²) >= 11 is 0. The lowest BCUT2D eigenvalue weighted by Gasteiger charge is -2.35. The number of benzene rings is 1. The zero-order valence-corrected chi connectivity index (χ0v) is 10.8. The zero-order valence-electron chi connectivity index (χ0n) is 10.8. The molecule has 4 heteroatoms. The summed E-state index contributed by atoms with van der Waals surface area (Å²) < 4.78 is 5.09. The van der Waals surface area contributed by atoms with Crippen molar-refractivity contribution in [1.82, 2.24) is 4.90 Å². The minimum absolute atomic E-state index is 0.00616. The van der Waals surface area contributed by atoms with Gasteiger partial charge in [0, 0.05) is 12.5 Å². The van der Waals surface area contributed by atoms with Crippen molar-refractivity contribution in [3.63, 3.8) is 0 Å². The quantitative estimate of drug-likeness (QED) is 0.888. The van der Waals surface area contributed by atoms with Gasteiger partial charge in [-0.2, -0.15) is 0 Å². The van der Waals surface area contributed by atoms with Gasteiger partial charge in [-0.05, 0) is 30.5 Å². The molecule has 1 N–H and O–H groups in total. The highest BCUT2D eigenvalue weighted by Crippen LogP contribution is 2.24. The van der Waals surface area contributed by atoms with Gasteiger partial charge in [0.15, 0.2) is 0 Å². The Hall–Kier alpha value is -1.55. The number of carbonyl (C=O) groups is 1. The second-order valence-electron chi connectivity index (χ2n) is 4.77. The highest BCUT2D eigenvalue weighted by molar-refractivity contribution is 5.79. The molecule has 98 valence electrons. The standard InChI is InChI=1S/C14H19NO3/c1-10-3-8-13(16)15(14(10)17)9-11-4-6-12(18-2)7-5-11/h4-7,10,13,16H,3,8-9H2,1-2H3/t10-,13?/m0/s1. The number of nitrogens with zero attached hydrogens (tertiary/aromatic N) is 1. The number of likely N-dealkylation sites (tertiary alicyclic amines) is 1. The van der Waals surface area contributed by atoms with E-state index in [9.17, 15) is 9.90 Å². The van der Waals surface area contributed by atoms with Crippen LogP contribution < -0.4 is 4.74 Å². The van der Waals surface area contributed by atoms with Crippen molar-refractivity contribution in [2.24, 2.45) is 5.92 Å². The van der Waals surface area contributed by atoms with Gasteiger partial charge in [0.1, 0.15) is 12.0 Å². The molecule has 0 radical (unpaired) electrons. The normalized spacial score (nSPS) is 24.2. The van der Waals surface area contributed by atoms with Crippen molar-refractivity contribution in [2.45, 2.75) is 32.5 Å². The summed E-state index contributed by atoms with van der Waals surface area (Å²) in [5, 5.41) is 9.90. The monoisotopic (exact) mass is 249 g/mol. The Morgan fingerprint density at radius 2 is 2.00 bits per heavy atom. The molecular formula is C14H19NO3. The Morgan fingerprint density at radius 3 is 2.61 bits per heavy atom. The van der Waals surface area contributed by atoms with E-state index in [0.717, 1.165) is 17.7 Å². The van der Waals surface area contributed by atoms with Crippen LogP contribution in [-0.2, 0) is 11.3 Å². The first-order valence-electron chi connectivity index (χ1n) is 6.23. The second-order valence-corrected chi connectivity index (χ2v) is 4.77. The number of methoxy groups -OCH3 is 1. The third kappa shape index (κ3) is 2.64. The van der Waals surface area contributed by atoms with Gasteiger partial charge < -0.3 is 14.7 Å². The number of hydrogen-bond donors (Lipinski definition) is 1. The molecule has 1 unspecified atom stereocenters. The topological polar surface area (TPSA) is 49.8 Å². The molecule has 0 aliphatic carbocycles. The predicted molar refractivity (Wildman–Crippen MR) is 67.9 cm³/mol. The SMILES string of the molecule is COc1ccc(CN2C(=O)[C@@H](C)CCC2O)cc1. The van der Waals surface area contributed by atoms with Crippen LogP contribution in [0.5, 0.6) is 5.75 Å². The highest BCUT2D eigenvalue weighted by Gasteiger charge is 2.31. The summed E-state index contributed by atoms with van der Waals surface area (Å²) in [6, 6.07) is 7.55. The molecule has 1 aliphatic heterocycles. The van der Waals surface area contributed by atoms with E-state index in [1.54, 1.807) is 12.0 Å². The number of piperidine rings is 1. The molecule has 0 saturated carbocycles. The van der Waals surface area contributed by atoms with Gasteiger partial charge in [0.25, 0.3) is 0 Å². The van der Waals surface area contributed by atoms with Crippen molar-refractivity contribution in [3.8, 4) is 5.75 Å². The van der Waals surface area contributed by atoms with Crippen molar-refractivity contribution in [2.75, 3.05) is 7.11 Å². The molecule has 4 nitrogen and oxygen atoms in total. The summed E-state index contributed by atoms with van der Waals surface area (Å²) in [7, 11) is 1.62. The molecule has 18 heavy (non-hydrogen) atoms. The molecule has 1 heterocycles. The van der Waals surface area contributed by atoms with Gasteiger partial charge >= 0.3 is 0 Å². The lowest BCUT2D eigenvalue weighted by Crippen LogP contribution is -2.46. The highest BCUT2D eigenvalue weighted by atomic mass is 16.5. The van der Waals surface area contributed by atoms with Crippen molar-refractivity contribution >= 4 is 5.91 Å². The van der Waals surface area contributed by atoms with Gasteiger partial charge in [0.2, 0.25) is 5.91 Å². The first-order valence-corrected chi connectivity index (χ1v) is 6.23. The number of aliphatic hydroxyl groups excluding tert-OH is 1. The number of amides is 1. The third-order valence-electron chi connectivity index (χ3n) is 3.43. The van der Waals surface area contributed by atoms with Crippen LogP contribution in [0.25, 0.3) is 0 Å². The van der Waals surface area contributed by atoms with Crippen LogP contribution in [-0.4, -0.2) is 29.3 Å². The lowest BCUT2D eigenvalue weighted by atomic mass is 9.97. The molecule has 1 fully saturated rings. The van der Waals surface area contributed by atoms with Gasteiger partial charge in [-0.3, -0.25) is 4.79 Å². The number of rotatable bonds is 3. The molecule has 1 saturated heterocycles. The van der Waals surface area contributed by atoms with Gasteiger partial charge in [-0.1, -0.05) is 19.1 Å². The molecule has 1 aliphatic rings. The van der Waals surface area contributed by atoms with Crippen molar-refractivity contribution < 1.29 is 14.6 Å². The van der Waals surface area contributed by atoms with Crippen LogP contribution in [0.4, 0.5) is 0 Å². The van der Waals surface area contributed by atoms with E-state index in [0.29, 0.717) is 13.0 Å². The summed E-state index contributed by atoms with van der Waals surface area (Å²) in [6.07, 6.45) is 0.762. The van der Waals surface area contributed by atoms with Crippen LogP contribution in [0, 0.1) is 5.92 Å². The summed E-state index contributed by atoms with van der Waals surface area (Å²) in [5.41, 5.74) is 0.998. The number of ether oxygens (including phenoxy) is 1. The van der Waals surface area contributed by atoms with Gasteiger partial charge in [-0.25, -0.2) is 0 Å². The Morgan fingerprint density at radius 1 is 1.33 bits per heavy atom. The predicted octanol–water partition coefficient (Wildman–Crippen LogP) is 1.77. The molecule has 0 spiro atoms. The fourth-order valence-electron chi connectivity index (χ4n) is 2.22. The maximum atomic E-state index is 12.0. The lowest BCUT2D eigenvalue weighted by molar-refractivity contribution is -0.153. The average Bonchev–Trinajstić information content (AvgIpc) is 2.40. The second kappa shape index (κ2) is 5.40. The summed E-state index contributed by atoms with van der Waals surface area (Å²) in [6.45, 7) is 2.36. The van der Waals surface area contributed by atoms with Crippen LogP contribution in [0.1, 0.15) is 25.3 Å². The van der Waals surface area contributed by atoms with Crippen LogP contribution in [0.2, 0.25) is 0 Å². The van der Waals surface area contributed by atoms with E-state index >= 15 is 0 Å². The van der Waals surface area contributed by atoms with Gasteiger partial charge in [0.05, 0.1) is 7.11 Å². The van der Waals surface area contributed by atoms with Crippen LogP contribution in [0.3, 0.4) is 0 Å². The minimum Gasteiger partial charge on any atom is -0.497 e. The van der Waals surface area contributed by atoms with E-state index in [1.165, 1.54) is 0 Å². The van der Waals surface area contributed by atoms with Crippen LogP contribution in [0.15, 0.2) is 24.3 Å². The van der Waals surface area contributed by atoms with Crippen molar-refractivity contribution in [3.05, 3.63) is 29.8 Å². The Balaban J connectivity index is 2.08. The van der Waals surface area contributed by atoms with E-state index in [-0.39, 0.29) is 11.8 Å². The molecule has 1 aromatic carbocycles. The van der Waals surface area contributed by atoms with E-state index < -0.39 is 6.23 Å². The Kier molecular flexibility index (Phi) is 3.87. The molecule has 1 aromatic rings. The summed E-state index contributed by atoms with van der Waals surface area (Å²) in [4.78, 5) is 13.6. The maximum Gasteiger partial charge on any atom is 0.227 e. The van der Waals surface area contributed by atoms with E-state index in [4.69, 9.17) is 4.74 Å². The maximum absolute atomic E-state index is 12.0. The number of carbonyl (C=O) groups excluding carboxylic acids is 1. The molecule has 0 bridgehead atoms. The average molecular weight is 249 g/mol. The first kappa shape index (κ1) is 12.9.